The largest absolute Gasteiger partial charge is 0.491 e. The average molecular weight is 340 g/mol. The summed E-state index contributed by atoms with van der Waals surface area (Å²) in [5.74, 6) is 2.29. The number of nitrogens with zero attached hydrogens (tertiary/aromatic N) is 4. The number of hydrogen-bond donors (Lipinski definition) is 0. The molecule has 1 aliphatic rings. The summed E-state index contributed by atoms with van der Waals surface area (Å²) >= 11 is 0. The summed E-state index contributed by atoms with van der Waals surface area (Å²) in [6.45, 7) is 6.18. The van der Waals surface area contributed by atoms with Gasteiger partial charge in [-0.3, -0.25) is 9.80 Å². The standard InChI is InChI=1S/C19H24N4O2/c1-15-12-21-19(25-15)14-22(2)17-7-8-23(13-17)9-10-24-18-6-4-3-5-16(18)11-20/h3-6,12,17H,7-10,13-14H2,1-2H3. The Morgan fingerprint density at radius 2 is 2.28 bits per heavy atom. The van der Waals surface area contributed by atoms with Gasteiger partial charge < -0.3 is 9.15 Å². The van der Waals surface area contributed by atoms with Crippen molar-refractivity contribution in [1.82, 2.24) is 14.8 Å². The monoisotopic (exact) mass is 340 g/mol. The highest BCUT2D eigenvalue weighted by atomic mass is 16.5. The third-order valence-electron chi connectivity index (χ3n) is 4.60. The van der Waals surface area contributed by atoms with Gasteiger partial charge in [0.1, 0.15) is 24.2 Å². The molecule has 1 saturated heterocycles. The van der Waals surface area contributed by atoms with Crippen LogP contribution < -0.4 is 4.74 Å². The third kappa shape index (κ3) is 4.59. The van der Waals surface area contributed by atoms with Crippen molar-refractivity contribution in [3.05, 3.63) is 47.7 Å². The maximum atomic E-state index is 9.09. The number of rotatable bonds is 7. The molecule has 0 radical (unpaired) electrons. The number of nitriles is 1. The lowest BCUT2D eigenvalue weighted by Crippen LogP contribution is -2.35. The van der Waals surface area contributed by atoms with Crippen LogP contribution in [0.2, 0.25) is 0 Å². The highest BCUT2D eigenvalue weighted by Gasteiger charge is 2.26. The minimum atomic E-state index is 0.499. The molecule has 1 aliphatic heterocycles. The fraction of sp³-hybridized carbons (Fsp3) is 0.474. The molecule has 6 heteroatoms. The second-order valence-electron chi connectivity index (χ2n) is 6.48. The van der Waals surface area contributed by atoms with Gasteiger partial charge in [-0.25, -0.2) is 4.98 Å². The minimum Gasteiger partial charge on any atom is -0.491 e. The fourth-order valence-electron chi connectivity index (χ4n) is 3.16. The topological polar surface area (TPSA) is 65.5 Å². The Balaban J connectivity index is 1.43. The van der Waals surface area contributed by atoms with Crippen LogP contribution in [0.1, 0.15) is 23.6 Å². The van der Waals surface area contributed by atoms with Crippen LogP contribution >= 0.6 is 0 Å². The second kappa shape index (κ2) is 8.15. The van der Waals surface area contributed by atoms with Gasteiger partial charge in [-0.05, 0) is 39.1 Å². The van der Waals surface area contributed by atoms with Gasteiger partial charge in [0.25, 0.3) is 0 Å². The smallest absolute Gasteiger partial charge is 0.208 e. The molecule has 132 valence electrons. The lowest BCUT2D eigenvalue weighted by atomic mass is 10.2. The molecule has 2 aromatic rings. The first-order valence-corrected chi connectivity index (χ1v) is 8.61. The molecule has 0 amide bonds. The predicted octanol–water partition coefficient (Wildman–Crippen LogP) is 2.44. The van der Waals surface area contributed by atoms with Crippen LogP contribution in [-0.4, -0.2) is 54.1 Å². The van der Waals surface area contributed by atoms with E-state index in [1.165, 1.54) is 0 Å². The van der Waals surface area contributed by atoms with Crippen LogP contribution in [0, 0.1) is 18.3 Å². The van der Waals surface area contributed by atoms with E-state index in [0.717, 1.165) is 44.3 Å². The van der Waals surface area contributed by atoms with Crippen molar-refractivity contribution in [2.45, 2.75) is 25.9 Å². The second-order valence-corrected chi connectivity index (χ2v) is 6.48. The summed E-state index contributed by atoms with van der Waals surface area (Å²) in [6.07, 6.45) is 2.89. The molecule has 1 unspecified atom stereocenters. The van der Waals surface area contributed by atoms with Crippen LogP contribution in [0.25, 0.3) is 0 Å². The Morgan fingerprint density at radius 3 is 3.04 bits per heavy atom. The van der Waals surface area contributed by atoms with Crippen molar-refractivity contribution < 1.29 is 9.15 Å². The van der Waals surface area contributed by atoms with E-state index in [9.17, 15) is 0 Å². The van der Waals surface area contributed by atoms with Gasteiger partial charge in [-0.2, -0.15) is 5.26 Å². The number of aromatic nitrogens is 1. The number of benzene rings is 1. The van der Waals surface area contributed by atoms with Crippen molar-refractivity contribution in [1.29, 1.82) is 5.26 Å². The lowest BCUT2D eigenvalue weighted by molar-refractivity contribution is 0.192. The minimum absolute atomic E-state index is 0.499. The Labute approximate surface area is 148 Å². The Hall–Kier alpha value is -2.36. The van der Waals surface area contributed by atoms with E-state index < -0.39 is 0 Å². The molecule has 0 saturated carbocycles. The van der Waals surface area contributed by atoms with Crippen molar-refractivity contribution in [3.63, 3.8) is 0 Å². The summed E-state index contributed by atoms with van der Waals surface area (Å²) < 4.78 is 11.3. The van der Waals surface area contributed by atoms with E-state index in [1.54, 1.807) is 12.3 Å². The van der Waals surface area contributed by atoms with Crippen LogP contribution in [0.5, 0.6) is 5.75 Å². The zero-order chi connectivity index (χ0) is 17.6. The summed E-state index contributed by atoms with van der Waals surface area (Å²) in [7, 11) is 2.12. The maximum Gasteiger partial charge on any atom is 0.208 e. The fourth-order valence-corrected chi connectivity index (χ4v) is 3.16. The molecule has 6 nitrogen and oxygen atoms in total. The van der Waals surface area contributed by atoms with E-state index in [1.807, 2.05) is 25.1 Å². The summed E-state index contributed by atoms with van der Waals surface area (Å²) in [6, 6.07) is 10.0. The lowest BCUT2D eigenvalue weighted by Gasteiger charge is -2.23. The zero-order valence-corrected chi connectivity index (χ0v) is 14.8. The quantitative estimate of drug-likeness (QED) is 0.771. The molecule has 3 rings (SSSR count). The SMILES string of the molecule is Cc1cnc(CN(C)C2CCN(CCOc3ccccc3C#N)C2)o1. The summed E-state index contributed by atoms with van der Waals surface area (Å²) in [4.78, 5) is 8.98. The summed E-state index contributed by atoms with van der Waals surface area (Å²) in [5.41, 5.74) is 0.586. The molecule has 1 aromatic heterocycles. The first kappa shape index (κ1) is 17.5. The van der Waals surface area contributed by atoms with E-state index in [-0.39, 0.29) is 0 Å². The molecule has 0 bridgehead atoms. The normalized spacial score (nSPS) is 17.8. The predicted molar refractivity (Wildman–Crippen MR) is 94.2 cm³/mol. The molecule has 25 heavy (non-hydrogen) atoms. The van der Waals surface area contributed by atoms with Gasteiger partial charge >= 0.3 is 0 Å². The summed E-state index contributed by atoms with van der Waals surface area (Å²) in [5, 5.41) is 9.09. The van der Waals surface area contributed by atoms with E-state index in [0.29, 0.717) is 24.0 Å². The van der Waals surface area contributed by atoms with Gasteiger partial charge in [0, 0.05) is 19.1 Å². The van der Waals surface area contributed by atoms with Gasteiger partial charge in [-0.15, -0.1) is 0 Å². The molecule has 0 N–H and O–H groups in total. The van der Waals surface area contributed by atoms with Gasteiger partial charge in [0.05, 0.1) is 18.3 Å². The number of para-hydroxylation sites is 1. The number of hydrogen-bond acceptors (Lipinski definition) is 6. The van der Waals surface area contributed by atoms with Crippen molar-refractivity contribution in [3.8, 4) is 11.8 Å². The van der Waals surface area contributed by atoms with Crippen LogP contribution in [0.15, 0.2) is 34.9 Å². The molecule has 0 aliphatic carbocycles. The molecule has 1 atom stereocenters. The first-order valence-electron chi connectivity index (χ1n) is 8.61. The molecule has 0 spiro atoms. The Bertz CT molecular complexity index is 737. The van der Waals surface area contributed by atoms with E-state index in [2.05, 4.69) is 27.9 Å². The van der Waals surface area contributed by atoms with E-state index >= 15 is 0 Å². The molecular formula is C19H24N4O2. The van der Waals surface area contributed by atoms with Gasteiger partial charge in [-0.1, -0.05) is 12.1 Å². The molecular weight excluding hydrogens is 316 g/mol. The van der Waals surface area contributed by atoms with Crippen LogP contribution in [0.3, 0.4) is 0 Å². The molecule has 2 heterocycles. The van der Waals surface area contributed by atoms with Crippen LogP contribution in [0.4, 0.5) is 0 Å². The van der Waals surface area contributed by atoms with Crippen molar-refractivity contribution in [2.24, 2.45) is 0 Å². The third-order valence-corrected chi connectivity index (χ3v) is 4.60. The number of aryl methyl sites for hydroxylation is 1. The van der Waals surface area contributed by atoms with Crippen molar-refractivity contribution in [2.75, 3.05) is 33.3 Å². The molecule has 1 aromatic carbocycles. The van der Waals surface area contributed by atoms with Gasteiger partial charge in [0.15, 0.2) is 0 Å². The Morgan fingerprint density at radius 1 is 1.44 bits per heavy atom. The zero-order valence-electron chi connectivity index (χ0n) is 14.8. The number of likely N-dealkylation sites (tertiary alicyclic amines) is 1. The first-order chi connectivity index (χ1) is 12.2. The Kier molecular flexibility index (Phi) is 5.69. The highest BCUT2D eigenvalue weighted by molar-refractivity contribution is 5.42. The number of likely N-dealkylation sites (N-methyl/N-ethyl adjacent to an activating group) is 1. The molecule has 1 fully saturated rings. The van der Waals surface area contributed by atoms with Crippen molar-refractivity contribution >= 4 is 0 Å². The maximum absolute atomic E-state index is 9.09. The van der Waals surface area contributed by atoms with Crippen LogP contribution in [-0.2, 0) is 6.54 Å². The van der Waals surface area contributed by atoms with E-state index in [4.69, 9.17) is 14.4 Å². The average Bonchev–Trinajstić information content (AvgIpc) is 3.24. The van der Waals surface area contributed by atoms with Gasteiger partial charge in [0.2, 0.25) is 5.89 Å². The number of oxazole rings is 1. The number of ether oxygens (including phenoxy) is 1. The highest BCUT2D eigenvalue weighted by Crippen LogP contribution is 2.18.